The Balaban J connectivity index is 3.15. The number of aliphatic hydroxyl groups is 2. The summed E-state index contributed by atoms with van der Waals surface area (Å²) < 4.78 is 0. The highest BCUT2D eigenvalue weighted by Crippen LogP contribution is 2.25. The molecule has 0 aliphatic carbocycles. The van der Waals surface area contributed by atoms with Crippen LogP contribution in [-0.4, -0.2) is 28.3 Å². The fourth-order valence-corrected chi connectivity index (χ4v) is 1.46. The zero-order chi connectivity index (χ0) is 13.1. The van der Waals surface area contributed by atoms with Crippen LogP contribution in [0.25, 0.3) is 0 Å². The van der Waals surface area contributed by atoms with E-state index in [0.717, 1.165) is 0 Å². The molecule has 0 heterocycles. The van der Waals surface area contributed by atoms with Crippen molar-refractivity contribution in [2.24, 2.45) is 5.73 Å². The standard InChI is InChI=1S/C11H14N2O4/c1-7(14)11(17,9(15)13-10(12)16)8-5-3-2-4-6-8/h2-7,14,17H,1H3,(H3,12,13,15,16). The molecule has 0 aliphatic heterocycles. The number of rotatable bonds is 3. The first-order valence-corrected chi connectivity index (χ1v) is 4.96. The average Bonchev–Trinajstić information content (AvgIpc) is 2.27. The maximum Gasteiger partial charge on any atom is 0.318 e. The maximum atomic E-state index is 11.7. The lowest BCUT2D eigenvalue weighted by molar-refractivity contribution is -0.152. The van der Waals surface area contributed by atoms with E-state index in [4.69, 9.17) is 5.73 Å². The topological polar surface area (TPSA) is 113 Å². The van der Waals surface area contributed by atoms with Gasteiger partial charge >= 0.3 is 6.03 Å². The Bertz CT molecular complexity index is 419. The Hall–Kier alpha value is -1.92. The largest absolute Gasteiger partial charge is 0.389 e. The molecule has 17 heavy (non-hydrogen) atoms. The zero-order valence-corrected chi connectivity index (χ0v) is 9.25. The molecule has 2 atom stereocenters. The minimum absolute atomic E-state index is 0.175. The lowest BCUT2D eigenvalue weighted by Gasteiger charge is -2.29. The number of hydrogen-bond acceptors (Lipinski definition) is 4. The van der Waals surface area contributed by atoms with Crippen molar-refractivity contribution in [3.8, 4) is 0 Å². The van der Waals surface area contributed by atoms with Crippen molar-refractivity contribution in [1.29, 1.82) is 0 Å². The van der Waals surface area contributed by atoms with Gasteiger partial charge in [-0.2, -0.15) is 0 Å². The second kappa shape index (κ2) is 4.94. The Labute approximate surface area is 98.1 Å². The highest BCUT2D eigenvalue weighted by Gasteiger charge is 2.43. The first kappa shape index (κ1) is 13.1. The van der Waals surface area contributed by atoms with Gasteiger partial charge in [0.15, 0.2) is 5.60 Å². The number of urea groups is 1. The molecule has 0 saturated carbocycles. The molecule has 6 heteroatoms. The van der Waals surface area contributed by atoms with Gasteiger partial charge in [0.25, 0.3) is 5.91 Å². The number of carbonyl (C=O) groups excluding carboxylic acids is 2. The number of amides is 3. The number of hydrogen-bond donors (Lipinski definition) is 4. The second-order valence-electron chi connectivity index (χ2n) is 3.63. The lowest BCUT2D eigenvalue weighted by Crippen LogP contribution is -2.53. The van der Waals surface area contributed by atoms with Crippen molar-refractivity contribution in [3.63, 3.8) is 0 Å². The summed E-state index contributed by atoms with van der Waals surface area (Å²) in [4.78, 5) is 22.3. The van der Waals surface area contributed by atoms with Gasteiger partial charge in [-0.1, -0.05) is 30.3 Å². The van der Waals surface area contributed by atoms with Crippen LogP contribution in [0.5, 0.6) is 0 Å². The fourth-order valence-electron chi connectivity index (χ4n) is 1.46. The molecule has 1 aromatic carbocycles. The van der Waals surface area contributed by atoms with Gasteiger partial charge in [0, 0.05) is 0 Å². The highest BCUT2D eigenvalue weighted by atomic mass is 16.4. The van der Waals surface area contributed by atoms with E-state index >= 15 is 0 Å². The molecule has 0 aromatic heterocycles. The van der Waals surface area contributed by atoms with Crippen molar-refractivity contribution >= 4 is 11.9 Å². The molecule has 6 nitrogen and oxygen atoms in total. The molecule has 0 saturated heterocycles. The summed E-state index contributed by atoms with van der Waals surface area (Å²) >= 11 is 0. The Morgan fingerprint density at radius 3 is 2.29 bits per heavy atom. The monoisotopic (exact) mass is 238 g/mol. The number of imide groups is 1. The Morgan fingerprint density at radius 1 is 1.35 bits per heavy atom. The molecule has 2 unspecified atom stereocenters. The minimum atomic E-state index is -2.21. The molecule has 0 fully saturated rings. The van der Waals surface area contributed by atoms with Crippen LogP contribution >= 0.6 is 0 Å². The van der Waals surface area contributed by atoms with Crippen molar-refractivity contribution < 1.29 is 19.8 Å². The van der Waals surface area contributed by atoms with Gasteiger partial charge in [-0.15, -0.1) is 0 Å². The summed E-state index contributed by atoms with van der Waals surface area (Å²) in [5.41, 5.74) is 2.77. The molecule has 0 radical (unpaired) electrons. The van der Waals surface area contributed by atoms with Crippen LogP contribution in [0.15, 0.2) is 30.3 Å². The van der Waals surface area contributed by atoms with Gasteiger partial charge in [0.05, 0.1) is 6.10 Å². The van der Waals surface area contributed by atoms with Crippen LogP contribution in [0, 0.1) is 0 Å². The number of benzene rings is 1. The molecule has 0 bridgehead atoms. The number of nitrogens with two attached hydrogens (primary N) is 1. The average molecular weight is 238 g/mol. The van der Waals surface area contributed by atoms with Gasteiger partial charge < -0.3 is 15.9 Å². The highest BCUT2D eigenvalue weighted by molar-refractivity contribution is 5.98. The summed E-state index contributed by atoms with van der Waals surface area (Å²) in [6.07, 6.45) is -1.40. The van der Waals surface area contributed by atoms with Crippen molar-refractivity contribution in [1.82, 2.24) is 5.32 Å². The quantitative estimate of drug-likeness (QED) is 0.566. The van der Waals surface area contributed by atoms with E-state index in [-0.39, 0.29) is 5.56 Å². The molecular weight excluding hydrogens is 224 g/mol. The van der Waals surface area contributed by atoms with Gasteiger partial charge in [0.2, 0.25) is 0 Å². The third kappa shape index (κ3) is 2.61. The molecule has 5 N–H and O–H groups in total. The Morgan fingerprint density at radius 2 is 1.88 bits per heavy atom. The van der Waals surface area contributed by atoms with E-state index in [0.29, 0.717) is 0 Å². The van der Waals surface area contributed by atoms with E-state index < -0.39 is 23.6 Å². The van der Waals surface area contributed by atoms with Gasteiger partial charge in [-0.25, -0.2) is 4.79 Å². The van der Waals surface area contributed by atoms with Gasteiger partial charge in [0.1, 0.15) is 0 Å². The first-order valence-electron chi connectivity index (χ1n) is 4.96. The lowest BCUT2D eigenvalue weighted by atomic mass is 9.88. The van der Waals surface area contributed by atoms with E-state index in [1.54, 1.807) is 23.5 Å². The molecule has 0 spiro atoms. The van der Waals surface area contributed by atoms with Gasteiger partial charge in [-0.3, -0.25) is 10.1 Å². The summed E-state index contributed by atoms with van der Waals surface area (Å²) in [7, 11) is 0. The number of aliphatic hydroxyl groups excluding tert-OH is 1. The summed E-state index contributed by atoms with van der Waals surface area (Å²) in [5, 5.41) is 21.5. The fraction of sp³-hybridized carbons (Fsp3) is 0.273. The molecule has 1 rings (SSSR count). The summed E-state index contributed by atoms with van der Waals surface area (Å²) in [6, 6.07) is 6.73. The van der Waals surface area contributed by atoms with Gasteiger partial charge in [-0.05, 0) is 12.5 Å². The normalized spacial score (nSPS) is 15.7. The van der Waals surface area contributed by atoms with Crippen LogP contribution in [-0.2, 0) is 10.4 Å². The SMILES string of the molecule is CC(O)C(O)(C(=O)NC(N)=O)c1ccccc1. The molecular formula is C11H14N2O4. The molecule has 3 amide bonds. The van der Waals surface area contributed by atoms with Crippen LogP contribution in [0.4, 0.5) is 4.79 Å². The van der Waals surface area contributed by atoms with Crippen molar-refractivity contribution in [2.45, 2.75) is 18.6 Å². The summed E-state index contributed by atoms with van der Waals surface area (Å²) in [5.74, 6) is -1.06. The predicted molar refractivity (Wildman–Crippen MR) is 59.7 cm³/mol. The maximum absolute atomic E-state index is 11.7. The smallest absolute Gasteiger partial charge is 0.318 e. The molecule has 0 aliphatic rings. The zero-order valence-electron chi connectivity index (χ0n) is 9.25. The number of nitrogens with one attached hydrogen (secondary N) is 1. The predicted octanol–water partition coefficient (Wildman–Crippen LogP) is -0.550. The Kier molecular flexibility index (Phi) is 3.82. The van der Waals surface area contributed by atoms with Crippen molar-refractivity contribution in [2.75, 3.05) is 0 Å². The van der Waals surface area contributed by atoms with E-state index in [2.05, 4.69) is 0 Å². The molecule has 1 aromatic rings. The number of primary amides is 1. The van der Waals surface area contributed by atoms with Crippen LogP contribution in [0.1, 0.15) is 12.5 Å². The van der Waals surface area contributed by atoms with E-state index in [9.17, 15) is 19.8 Å². The van der Waals surface area contributed by atoms with E-state index in [1.165, 1.54) is 19.1 Å². The summed E-state index contributed by atoms with van der Waals surface area (Å²) in [6.45, 7) is 1.24. The minimum Gasteiger partial charge on any atom is -0.389 e. The second-order valence-corrected chi connectivity index (χ2v) is 3.63. The van der Waals surface area contributed by atoms with E-state index in [1.807, 2.05) is 0 Å². The third-order valence-corrected chi connectivity index (χ3v) is 2.40. The molecule has 92 valence electrons. The van der Waals surface area contributed by atoms with Crippen LogP contribution < -0.4 is 11.1 Å². The number of carbonyl (C=O) groups is 2. The van der Waals surface area contributed by atoms with Crippen LogP contribution in [0.3, 0.4) is 0 Å². The third-order valence-electron chi connectivity index (χ3n) is 2.40. The van der Waals surface area contributed by atoms with Crippen LogP contribution in [0.2, 0.25) is 0 Å². The first-order chi connectivity index (χ1) is 7.89. The van der Waals surface area contributed by atoms with Crippen molar-refractivity contribution in [3.05, 3.63) is 35.9 Å².